The zero-order valence-electron chi connectivity index (χ0n) is 13.6. The molecule has 126 valence electrons. The van der Waals surface area contributed by atoms with Crippen molar-refractivity contribution in [3.05, 3.63) is 48.2 Å². The van der Waals surface area contributed by atoms with E-state index < -0.39 is 0 Å². The lowest BCUT2D eigenvalue weighted by molar-refractivity contribution is 0.0857. The van der Waals surface area contributed by atoms with Crippen LogP contribution in [0.25, 0.3) is 0 Å². The van der Waals surface area contributed by atoms with E-state index in [4.69, 9.17) is 16.6 Å². The van der Waals surface area contributed by atoms with Crippen LogP contribution in [0.3, 0.4) is 0 Å². The molecule has 0 spiro atoms. The summed E-state index contributed by atoms with van der Waals surface area (Å²) in [6, 6.07) is 11.1. The number of nitrogens with zero attached hydrogens (tertiary/aromatic N) is 1. The third-order valence-corrected chi connectivity index (χ3v) is 4.46. The number of rotatable bonds is 4. The fraction of sp³-hybridized carbons (Fsp3) is 0.333. The Hall–Kier alpha value is -2.18. The number of nitrogens with one attached hydrogen (secondary N) is 2. The number of Topliss-reactive ketones (excluding diaryl/α,β-unsaturated/α-hetero) is 1. The standard InChI is InChI=1S/C18H21N3O2S/c1-21-9-7-13(8-10-21)17(22)14-4-2-5-15(12-14)19-18(24)20-16-6-3-11-23-16/h2-6,11-13H,7-10H2,1H3,(H2,19,20,24). The van der Waals surface area contributed by atoms with Crippen molar-refractivity contribution in [2.24, 2.45) is 5.92 Å². The number of ketones is 1. The first-order chi connectivity index (χ1) is 11.6. The van der Waals surface area contributed by atoms with Gasteiger partial charge in [-0.3, -0.25) is 4.79 Å². The lowest BCUT2D eigenvalue weighted by Gasteiger charge is -2.28. The van der Waals surface area contributed by atoms with Crippen molar-refractivity contribution in [1.29, 1.82) is 0 Å². The van der Waals surface area contributed by atoms with E-state index in [-0.39, 0.29) is 11.7 Å². The highest BCUT2D eigenvalue weighted by Gasteiger charge is 2.24. The molecule has 1 saturated heterocycles. The number of hydrogen-bond donors (Lipinski definition) is 2. The van der Waals surface area contributed by atoms with E-state index in [0.29, 0.717) is 11.0 Å². The van der Waals surface area contributed by atoms with E-state index in [1.807, 2.05) is 24.3 Å². The molecule has 1 aromatic heterocycles. The molecule has 2 heterocycles. The predicted octanol–water partition coefficient (Wildman–Crippen LogP) is 3.61. The summed E-state index contributed by atoms with van der Waals surface area (Å²) in [4.78, 5) is 15.0. The van der Waals surface area contributed by atoms with Crippen LogP contribution in [0, 0.1) is 5.92 Å². The van der Waals surface area contributed by atoms with Gasteiger partial charge < -0.3 is 20.0 Å². The Morgan fingerprint density at radius 1 is 1.21 bits per heavy atom. The van der Waals surface area contributed by atoms with Crippen molar-refractivity contribution in [3.8, 4) is 0 Å². The Bertz CT molecular complexity index is 707. The van der Waals surface area contributed by atoms with Gasteiger partial charge in [0.05, 0.1) is 6.26 Å². The minimum absolute atomic E-state index is 0.115. The quantitative estimate of drug-likeness (QED) is 0.653. The lowest BCUT2D eigenvalue weighted by Crippen LogP contribution is -2.33. The van der Waals surface area contributed by atoms with Crippen LogP contribution in [0.5, 0.6) is 0 Å². The molecular formula is C18H21N3O2S. The highest BCUT2D eigenvalue weighted by Crippen LogP contribution is 2.22. The lowest BCUT2D eigenvalue weighted by atomic mass is 9.89. The van der Waals surface area contributed by atoms with Crippen LogP contribution in [0.15, 0.2) is 47.1 Å². The van der Waals surface area contributed by atoms with Gasteiger partial charge in [0.2, 0.25) is 0 Å². The van der Waals surface area contributed by atoms with Gasteiger partial charge >= 0.3 is 0 Å². The van der Waals surface area contributed by atoms with Gasteiger partial charge in [0, 0.05) is 23.2 Å². The molecule has 24 heavy (non-hydrogen) atoms. The highest BCUT2D eigenvalue weighted by atomic mass is 32.1. The zero-order chi connectivity index (χ0) is 16.9. The van der Waals surface area contributed by atoms with E-state index in [0.717, 1.165) is 37.2 Å². The zero-order valence-corrected chi connectivity index (χ0v) is 14.4. The van der Waals surface area contributed by atoms with Crippen LogP contribution >= 0.6 is 12.2 Å². The smallest absolute Gasteiger partial charge is 0.198 e. The number of furan rings is 1. The van der Waals surface area contributed by atoms with Gasteiger partial charge in [-0.25, -0.2) is 0 Å². The van der Waals surface area contributed by atoms with Gasteiger partial charge in [-0.2, -0.15) is 0 Å². The Morgan fingerprint density at radius 3 is 2.71 bits per heavy atom. The third kappa shape index (κ3) is 4.21. The SMILES string of the molecule is CN1CCC(C(=O)c2cccc(NC(=S)Nc3ccco3)c2)CC1. The number of thiocarbonyl (C=S) groups is 1. The molecule has 6 heteroatoms. The average molecular weight is 343 g/mol. The highest BCUT2D eigenvalue weighted by molar-refractivity contribution is 7.80. The fourth-order valence-electron chi connectivity index (χ4n) is 2.88. The number of piperidine rings is 1. The van der Waals surface area contributed by atoms with Crippen molar-refractivity contribution in [1.82, 2.24) is 4.90 Å². The first-order valence-electron chi connectivity index (χ1n) is 8.06. The number of benzene rings is 1. The van der Waals surface area contributed by atoms with Crippen molar-refractivity contribution in [3.63, 3.8) is 0 Å². The summed E-state index contributed by atoms with van der Waals surface area (Å²) in [5, 5.41) is 6.46. The molecular weight excluding hydrogens is 322 g/mol. The van der Waals surface area contributed by atoms with E-state index >= 15 is 0 Å². The molecule has 1 aliphatic rings. The summed E-state index contributed by atoms with van der Waals surface area (Å²) < 4.78 is 5.20. The molecule has 5 nitrogen and oxygen atoms in total. The minimum atomic E-state index is 0.115. The predicted molar refractivity (Wildman–Crippen MR) is 99.5 cm³/mol. The van der Waals surface area contributed by atoms with Gasteiger partial charge in [0.25, 0.3) is 0 Å². The Morgan fingerprint density at radius 2 is 2.00 bits per heavy atom. The van der Waals surface area contributed by atoms with Crippen LogP contribution < -0.4 is 10.6 Å². The molecule has 1 aromatic carbocycles. The fourth-order valence-corrected chi connectivity index (χ4v) is 3.10. The number of carbonyl (C=O) groups excluding carboxylic acids is 1. The van der Waals surface area contributed by atoms with Crippen molar-refractivity contribution in [2.45, 2.75) is 12.8 Å². The van der Waals surface area contributed by atoms with Crippen LogP contribution in [0.1, 0.15) is 23.2 Å². The van der Waals surface area contributed by atoms with E-state index in [1.54, 1.807) is 18.4 Å². The molecule has 2 N–H and O–H groups in total. The third-order valence-electron chi connectivity index (χ3n) is 4.25. The number of carbonyl (C=O) groups is 1. The number of anilines is 2. The Labute approximate surface area is 147 Å². The summed E-state index contributed by atoms with van der Waals surface area (Å²) in [6.45, 7) is 1.96. The van der Waals surface area contributed by atoms with Gasteiger partial charge in [-0.05, 0) is 63.4 Å². The van der Waals surface area contributed by atoms with Crippen LogP contribution in [-0.2, 0) is 0 Å². The Balaban J connectivity index is 1.63. The second-order valence-corrected chi connectivity index (χ2v) is 6.49. The molecule has 0 unspecified atom stereocenters. The minimum Gasteiger partial charge on any atom is -0.449 e. The topological polar surface area (TPSA) is 57.5 Å². The van der Waals surface area contributed by atoms with Gasteiger partial charge in [0.1, 0.15) is 0 Å². The molecule has 1 fully saturated rings. The molecule has 3 rings (SSSR count). The second kappa shape index (κ2) is 7.59. The molecule has 1 aliphatic heterocycles. The molecule has 2 aromatic rings. The number of likely N-dealkylation sites (tertiary alicyclic amines) is 1. The van der Waals surface area contributed by atoms with Crippen LogP contribution in [0.2, 0.25) is 0 Å². The maximum Gasteiger partial charge on any atom is 0.198 e. The Kier molecular flexibility index (Phi) is 5.27. The first kappa shape index (κ1) is 16.7. The second-order valence-electron chi connectivity index (χ2n) is 6.08. The first-order valence-corrected chi connectivity index (χ1v) is 8.47. The normalized spacial score (nSPS) is 15.9. The summed E-state index contributed by atoms with van der Waals surface area (Å²) in [5.74, 6) is 0.910. The largest absolute Gasteiger partial charge is 0.449 e. The molecule has 0 saturated carbocycles. The maximum absolute atomic E-state index is 12.7. The summed E-state index contributed by atoms with van der Waals surface area (Å²) in [7, 11) is 2.10. The average Bonchev–Trinajstić information content (AvgIpc) is 3.08. The maximum atomic E-state index is 12.7. The summed E-state index contributed by atoms with van der Waals surface area (Å²) >= 11 is 5.26. The van der Waals surface area contributed by atoms with Crippen LogP contribution in [0.4, 0.5) is 11.6 Å². The van der Waals surface area contributed by atoms with E-state index in [9.17, 15) is 4.79 Å². The molecule has 0 aliphatic carbocycles. The van der Waals surface area contributed by atoms with Gasteiger partial charge in [-0.15, -0.1) is 0 Å². The monoisotopic (exact) mass is 343 g/mol. The van der Waals surface area contributed by atoms with Gasteiger partial charge in [-0.1, -0.05) is 12.1 Å². The van der Waals surface area contributed by atoms with Crippen molar-refractivity contribution in [2.75, 3.05) is 30.8 Å². The molecule has 0 radical (unpaired) electrons. The summed E-state index contributed by atoms with van der Waals surface area (Å²) in [6.07, 6.45) is 3.42. The van der Waals surface area contributed by atoms with E-state index in [1.165, 1.54) is 0 Å². The van der Waals surface area contributed by atoms with Crippen molar-refractivity contribution >= 4 is 34.7 Å². The number of hydrogen-bond acceptors (Lipinski definition) is 4. The molecule has 0 bridgehead atoms. The van der Waals surface area contributed by atoms with E-state index in [2.05, 4.69) is 22.6 Å². The van der Waals surface area contributed by atoms with Gasteiger partial charge in [0.15, 0.2) is 16.8 Å². The molecule has 0 atom stereocenters. The molecule has 0 amide bonds. The van der Waals surface area contributed by atoms with Crippen LogP contribution in [-0.4, -0.2) is 35.9 Å². The summed E-state index contributed by atoms with van der Waals surface area (Å²) in [5.41, 5.74) is 1.52. The van der Waals surface area contributed by atoms with Crippen molar-refractivity contribution < 1.29 is 9.21 Å².